The van der Waals surface area contributed by atoms with Crippen LogP contribution in [-0.2, 0) is 24.4 Å². The highest BCUT2D eigenvalue weighted by molar-refractivity contribution is 5.89. The Morgan fingerprint density at radius 3 is 2.66 bits per heavy atom. The van der Waals surface area contributed by atoms with Crippen LogP contribution in [0.4, 0.5) is 4.39 Å². The van der Waals surface area contributed by atoms with Crippen molar-refractivity contribution in [1.82, 2.24) is 19.1 Å². The lowest BCUT2D eigenvalue weighted by Crippen LogP contribution is -2.31. The van der Waals surface area contributed by atoms with E-state index in [0.717, 1.165) is 18.9 Å². The Hall–Kier alpha value is -3.23. The zero-order chi connectivity index (χ0) is 21.0. The number of hydrogen-bond donors (Lipinski definition) is 1. The summed E-state index contributed by atoms with van der Waals surface area (Å²) in [6.45, 7) is 4.63. The lowest BCUT2D eigenvalue weighted by Gasteiger charge is -2.08. The quantitative estimate of drug-likeness (QED) is 0.584. The first kappa shape index (κ1) is 20.5. The summed E-state index contributed by atoms with van der Waals surface area (Å²) in [5, 5.41) is 0. The molecule has 29 heavy (non-hydrogen) atoms. The van der Waals surface area contributed by atoms with Gasteiger partial charge in [-0.15, -0.1) is 0 Å². The second-order valence-electron chi connectivity index (χ2n) is 6.70. The largest absolute Gasteiger partial charge is 0.454 e. The van der Waals surface area contributed by atoms with E-state index in [9.17, 15) is 18.8 Å². The number of carbonyl (C=O) groups is 1. The highest BCUT2D eigenvalue weighted by Crippen LogP contribution is 2.15. The number of carbonyl (C=O) groups excluding carboxylic acids is 1. The van der Waals surface area contributed by atoms with Crippen molar-refractivity contribution in [3.05, 3.63) is 62.3 Å². The number of halogens is 1. The van der Waals surface area contributed by atoms with E-state index in [1.165, 1.54) is 22.8 Å². The van der Waals surface area contributed by atoms with E-state index in [2.05, 4.69) is 9.97 Å². The molecule has 0 aliphatic carbocycles. The monoisotopic (exact) mass is 402 g/mol. The Labute approximate surface area is 166 Å². The minimum atomic E-state index is -0.697. The summed E-state index contributed by atoms with van der Waals surface area (Å²) >= 11 is 0. The van der Waals surface area contributed by atoms with Crippen molar-refractivity contribution in [3.63, 3.8) is 0 Å². The number of esters is 1. The van der Waals surface area contributed by atoms with Crippen LogP contribution in [0, 0.1) is 5.82 Å². The second-order valence-corrected chi connectivity index (χ2v) is 6.70. The summed E-state index contributed by atoms with van der Waals surface area (Å²) in [4.78, 5) is 43.7. The number of fused-ring (bicyclic) bond motifs is 1. The number of unbranched alkanes of at least 4 members (excludes halogenated alkanes) is 1. The van der Waals surface area contributed by atoms with Crippen LogP contribution in [0.1, 0.15) is 49.3 Å². The second kappa shape index (κ2) is 8.85. The summed E-state index contributed by atoms with van der Waals surface area (Å²) in [6, 6.07) is 5.20. The lowest BCUT2D eigenvalue weighted by molar-refractivity contribution is 0.0458. The Balaban J connectivity index is 1.99. The van der Waals surface area contributed by atoms with Gasteiger partial charge in [-0.05, 0) is 31.0 Å². The molecule has 9 heteroatoms. The van der Waals surface area contributed by atoms with Crippen LogP contribution in [0.3, 0.4) is 0 Å². The van der Waals surface area contributed by atoms with Gasteiger partial charge in [0.15, 0.2) is 11.2 Å². The molecule has 0 amide bonds. The van der Waals surface area contributed by atoms with Gasteiger partial charge in [0.2, 0.25) is 0 Å². The van der Waals surface area contributed by atoms with E-state index in [0.29, 0.717) is 25.3 Å². The smallest absolute Gasteiger partial charge is 0.338 e. The fraction of sp³-hybridized carbons (Fsp3) is 0.400. The molecule has 2 heterocycles. The highest BCUT2D eigenvalue weighted by Gasteiger charge is 2.19. The summed E-state index contributed by atoms with van der Waals surface area (Å²) in [5.41, 5.74) is -0.403. The number of hydrogen-bond acceptors (Lipinski definition) is 5. The van der Waals surface area contributed by atoms with Crippen LogP contribution in [0.2, 0.25) is 0 Å². The Bertz CT molecular complexity index is 1150. The van der Waals surface area contributed by atoms with E-state index >= 15 is 0 Å². The predicted octanol–water partition coefficient (Wildman–Crippen LogP) is 2.59. The SMILES string of the molecule is CCCCn1c(=O)[nH]c(=O)c2c1nc(COC(=O)c1cccc(F)c1)n2CCC. The van der Waals surface area contributed by atoms with Gasteiger partial charge in [0.05, 0.1) is 5.56 Å². The molecule has 0 aliphatic rings. The molecular formula is C20H23FN4O4. The van der Waals surface area contributed by atoms with Gasteiger partial charge in [-0.2, -0.15) is 0 Å². The zero-order valence-electron chi connectivity index (χ0n) is 16.4. The van der Waals surface area contributed by atoms with Gasteiger partial charge in [-0.1, -0.05) is 26.3 Å². The average Bonchev–Trinajstić information content (AvgIpc) is 3.05. The van der Waals surface area contributed by atoms with Crippen molar-refractivity contribution in [2.75, 3.05) is 0 Å². The van der Waals surface area contributed by atoms with Gasteiger partial charge in [0.1, 0.15) is 18.2 Å². The maximum absolute atomic E-state index is 13.3. The first-order valence-corrected chi connectivity index (χ1v) is 9.61. The van der Waals surface area contributed by atoms with Crippen molar-refractivity contribution in [3.8, 4) is 0 Å². The van der Waals surface area contributed by atoms with Crippen LogP contribution in [0.15, 0.2) is 33.9 Å². The van der Waals surface area contributed by atoms with Gasteiger partial charge < -0.3 is 9.30 Å². The Kier molecular flexibility index (Phi) is 6.26. The third-order valence-corrected chi connectivity index (χ3v) is 4.54. The average molecular weight is 402 g/mol. The fourth-order valence-corrected chi connectivity index (χ4v) is 3.14. The minimum Gasteiger partial charge on any atom is -0.454 e. The van der Waals surface area contributed by atoms with Gasteiger partial charge in [-0.3, -0.25) is 14.3 Å². The number of nitrogens with one attached hydrogen (secondary N) is 1. The molecule has 0 aliphatic heterocycles. The maximum atomic E-state index is 13.3. The van der Waals surface area contributed by atoms with E-state index in [4.69, 9.17) is 4.74 Å². The van der Waals surface area contributed by atoms with Crippen LogP contribution in [0.25, 0.3) is 11.2 Å². The first-order chi connectivity index (χ1) is 14.0. The summed E-state index contributed by atoms with van der Waals surface area (Å²) in [5.74, 6) is -0.881. The third-order valence-electron chi connectivity index (χ3n) is 4.54. The van der Waals surface area contributed by atoms with Crippen molar-refractivity contribution < 1.29 is 13.9 Å². The molecule has 1 N–H and O–H groups in total. The minimum absolute atomic E-state index is 0.0841. The van der Waals surface area contributed by atoms with Crippen LogP contribution in [0.5, 0.6) is 0 Å². The van der Waals surface area contributed by atoms with E-state index in [1.807, 2.05) is 13.8 Å². The zero-order valence-corrected chi connectivity index (χ0v) is 16.4. The number of ether oxygens (including phenoxy) is 1. The molecule has 0 atom stereocenters. The Morgan fingerprint density at radius 1 is 1.17 bits per heavy atom. The van der Waals surface area contributed by atoms with Crippen molar-refractivity contribution in [2.24, 2.45) is 0 Å². The molecule has 0 saturated heterocycles. The number of H-pyrrole nitrogens is 1. The van der Waals surface area contributed by atoms with E-state index in [1.54, 1.807) is 4.57 Å². The first-order valence-electron chi connectivity index (χ1n) is 9.61. The number of imidazole rings is 1. The van der Waals surface area contributed by atoms with Crippen molar-refractivity contribution in [1.29, 1.82) is 0 Å². The summed E-state index contributed by atoms with van der Waals surface area (Å²) in [6.07, 6.45) is 2.34. The van der Waals surface area contributed by atoms with Crippen LogP contribution >= 0.6 is 0 Å². The summed E-state index contributed by atoms with van der Waals surface area (Å²) in [7, 11) is 0. The molecule has 3 rings (SSSR count). The van der Waals surface area contributed by atoms with Crippen LogP contribution < -0.4 is 11.2 Å². The highest BCUT2D eigenvalue weighted by atomic mass is 19.1. The summed E-state index contributed by atoms with van der Waals surface area (Å²) < 4.78 is 21.7. The van der Waals surface area contributed by atoms with Crippen molar-refractivity contribution in [2.45, 2.75) is 52.8 Å². The molecule has 3 aromatic rings. The molecule has 0 bridgehead atoms. The molecule has 0 radical (unpaired) electrons. The molecule has 0 fully saturated rings. The third kappa shape index (κ3) is 4.28. The lowest BCUT2D eigenvalue weighted by atomic mass is 10.2. The Morgan fingerprint density at radius 2 is 1.97 bits per heavy atom. The molecule has 0 saturated carbocycles. The number of benzene rings is 1. The fourth-order valence-electron chi connectivity index (χ4n) is 3.14. The number of aromatic amines is 1. The number of nitrogens with zero attached hydrogens (tertiary/aromatic N) is 3. The maximum Gasteiger partial charge on any atom is 0.338 e. The number of aryl methyl sites for hydroxylation is 2. The van der Waals surface area contributed by atoms with Gasteiger partial charge in [-0.25, -0.2) is 19.0 Å². The van der Waals surface area contributed by atoms with E-state index < -0.39 is 23.0 Å². The number of rotatable bonds is 8. The molecule has 1 aromatic carbocycles. The molecule has 8 nitrogen and oxygen atoms in total. The van der Waals surface area contributed by atoms with Gasteiger partial charge in [0.25, 0.3) is 5.56 Å². The molecule has 0 unspecified atom stereocenters. The van der Waals surface area contributed by atoms with E-state index in [-0.39, 0.29) is 23.3 Å². The normalized spacial score (nSPS) is 11.1. The standard InChI is InChI=1S/C20H23FN4O4/c1-3-5-10-25-17-16(18(26)23-20(25)28)24(9-4-2)15(22-17)12-29-19(27)13-7-6-8-14(21)11-13/h6-8,11H,3-5,9-10,12H2,1-2H3,(H,23,26,28). The predicted molar refractivity (Wildman–Crippen MR) is 105 cm³/mol. The molecule has 0 spiro atoms. The molecular weight excluding hydrogens is 379 g/mol. The molecule has 2 aromatic heterocycles. The van der Waals surface area contributed by atoms with Gasteiger partial charge >= 0.3 is 11.7 Å². The van der Waals surface area contributed by atoms with Crippen LogP contribution in [-0.4, -0.2) is 25.1 Å². The van der Waals surface area contributed by atoms with Crippen molar-refractivity contribution >= 4 is 17.1 Å². The van der Waals surface area contributed by atoms with Gasteiger partial charge in [0, 0.05) is 13.1 Å². The number of aromatic nitrogens is 4. The topological polar surface area (TPSA) is 99.0 Å². The molecule has 154 valence electrons.